The van der Waals surface area contributed by atoms with Crippen molar-refractivity contribution in [2.75, 3.05) is 26.2 Å². The van der Waals surface area contributed by atoms with Gasteiger partial charge in [0.05, 0.1) is 12.6 Å². The van der Waals surface area contributed by atoms with E-state index >= 15 is 0 Å². The van der Waals surface area contributed by atoms with Gasteiger partial charge in [0.1, 0.15) is 17.6 Å². The van der Waals surface area contributed by atoms with Gasteiger partial charge in [0.2, 0.25) is 5.91 Å². The predicted octanol–water partition coefficient (Wildman–Crippen LogP) is 3.51. The molecule has 1 saturated carbocycles. The van der Waals surface area contributed by atoms with Crippen LogP contribution in [-0.4, -0.2) is 71.8 Å². The minimum absolute atomic E-state index is 0.00793. The van der Waals surface area contributed by atoms with Crippen molar-refractivity contribution in [1.29, 1.82) is 0 Å². The topological polar surface area (TPSA) is 76.2 Å². The average molecular weight is 436 g/mol. The molecular weight excluding hydrogens is 405 g/mol. The maximum atomic E-state index is 13.8. The molecule has 2 rings (SSSR count). The van der Waals surface area contributed by atoms with Crippen LogP contribution < -0.4 is 0 Å². The van der Waals surface area contributed by atoms with Gasteiger partial charge in [0.15, 0.2) is 0 Å². The average Bonchev–Trinajstić information content (AvgIpc) is 2.56. The Kier molecular flexibility index (Phi) is 7.29. The van der Waals surface area contributed by atoms with Gasteiger partial charge in [-0.1, -0.05) is 6.42 Å². The van der Waals surface area contributed by atoms with Crippen molar-refractivity contribution in [3.63, 3.8) is 0 Å². The van der Waals surface area contributed by atoms with Gasteiger partial charge in [0.25, 0.3) is 0 Å². The smallest absolute Gasteiger partial charge is 0.410 e. The van der Waals surface area contributed by atoms with Gasteiger partial charge in [-0.25, -0.2) is 4.79 Å². The molecule has 0 aromatic heterocycles. The summed E-state index contributed by atoms with van der Waals surface area (Å²) in [4.78, 5) is 40.0. The van der Waals surface area contributed by atoms with E-state index < -0.39 is 47.7 Å². The maximum absolute atomic E-state index is 13.8. The van der Waals surface area contributed by atoms with E-state index in [-0.39, 0.29) is 26.0 Å². The number of carbonyl (C=O) groups excluding carboxylic acids is 3. The van der Waals surface area contributed by atoms with Crippen molar-refractivity contribution >= 4 is 18.0 Å². The minimum atomic E-state index is -4.70. The van der Waals surface area contributed by atoms with Crippen molar-refractivity contribution in [3.05, 3.63) is 0 Å². The molecule has 2 amide bonds. The zero-order chi connectivity index (χ0) is 22.7. The molecule has 10 heteroatoms. The number of halogens is 3. The molecule has 1 saturated heterocycles. The van der Waals surface area contributed by atoms with Crippen LogP contribution in [0.3, 0.4) is 0 Å². The second-order valence-corrected chi connectivity index (χ2v) is 8.89. The first-order chi connectivity index (χ1) is 13.8. The fourth-order valence-electron chi connectivity index (χ4n) is 3.84. The number of esters is 1. The first-order valence-electron chi connectivity index (χ1n) is 10.3. The number of likely N-dealkylation sites (tertiary alicyclic amines) is 1. The summed E-state index contributed by atoms with van der Waals surface area (Å²) in [7, 11) is 0. The Labute approximate surface area is 174 Å². The van der Waals surface area contributed by atoms with Crippen molar-refractivity contribution in [2.24, 2.45) is 5.41 Å². The van der Waals surface area contributed by atoms with Gasteiger partial charge in [0, 0.05) is 13.1 Å². The lowest BCUT2D eigenvalue weighted by atomic mass is 9.67. The maximum Gasteiger partial charge on any atom is 0.410 e. The quantitative estimate of drug-likeness (QED) is 0.617. The van der Waals surface area contributed by atoms with Gasteiger partial charge >= 0.3 is 18.2 Å². The van der Waals surface area contributed by atoms with Gasteiger partial charge in [-0.2, -0.15) is 13.2 Å². The molecule has 0 aromatic rings. The minimum Gasteiger partial charge on any atom is -0.465 e. The third-order valence-corrected chi connectivity index (χ3v) is 5.51. The Balaban J connectivity index is 2.25. The summed E-state index contributed by atoms with van der Waals surface area (Å²) in [6, 6.07) is -0.719. The molecule has 1 aliphatic heterocycles. The number of amides is 2. The molecule has 2 fully saturated rings. The summed E-state index contributed by atoms with van der Waals surface area (Å²) in [6.07, 6.45) is -4.71. The number of piperidine rings is 1. The molecule has 1 atom stereocenters. The summed E-state index contributed by atoms with van der Waals surface area (Å²) >= 11 is 0. The molecular formula is C20H31F3N2O5. The summed E-state index contributed by atoms with van der Waals surface area (Å²) in [5.74, 6) is -1.87. The summed E-state index contributed by atoms with van der Waals surface area (Å²) in [5.41, 5.74) is -3.19. The first-order valence-corrected chi connectivity index (χ1v) is 10.3. The van der Waals surface area contributed by atoms with Crippen LogP contribution in [0.25, 0.3) is 0 Å². The van der Waals surface area contributed by atoms with Crippen molar-refractivity contribution in [1.82, 2.24) is 9.80 Å². The van der Waals surface area contributed by atoms with Crippen molar-refractivity contribution in [2.45, 2.75) is 77.6 Å². The lowest BCUT2D eigenvalue weighted by molar-refractivity contribution is -0.250. The number of hydrogen-bond donors (Lipinski definition) is 0. The molecule has 7 nitrogen and oxygen atoms in total. The number of hydrogen-bond acceptors (Lipinski definition) is 5. The van der Waals surface area contributed by atoms with Crippen molar-refractivity contribution in [3.8, 4) is 0 Å². The Morgan fingerprint density at radius 3 is 2.23 bits per heavy atom. The zero-order valence-electron chi connectivity index (χ0n) is 18.0. The van der Waals surface area contributed by atoms with Crippen LogP contribution in [0.5, 0.6) is 0 Å². The molecule has 0 N–H and O–H groups in total. The Morgan fingerprint density at radius 2 is 1.77 bits per heavy atom. The highest BCUT2D eigenvalue weighted by atomic mass is 19.4. The molecule has 172 valence electrons. The molecule has 0 aromatic carbocycles. The van der Waals surface area contributed by atoms with E-state index in [1.807, 2.05) is 0 Å². The summed E-state index contributed by atoms with van der Waals surface area (Å²) < 4.78 is 51.5. The number of alkyl halides is 3. The van der Waals surface area contributed by atoms with Gasteiger partial charge in [-0.3, -0.25) is 9.59 Å². The number of rotatable bonds is 5. The first kappa shape index (κ1) is 24.3. The molecule has 0 spiro atoms. The second-order valence-electron chi connectivity index (χ2n) is 8.89. The van der Waals surface area contributed by atoms with Crippen LogP contribution in [0, 0.1) is 5.41 Å². The normalized spacial score (nSPS) is 21.4. The Morgan fingerprint density at radius 1 is 1.13 bits per heavy atom. The molecule has 2 aliphatic rings. The van der Waals surface area contributed by atoms with E-state index in [4.69, 9.17) is 9.47 Å². The van der Waals surface area contributed by atoms with Gasteiger partial charge in [-0.15, -0.1) is 0 Å². The van der Waals surface area contributed by atoms with E-state index in [1.165, 1.54) is 4.90 Å². The third-order valence-electron chi connectivity index (χ3n) is 5.51. The van der Waals surface area contributed by atoms with Crippen LogP contribution >= 0.6 is 0 Å². The summed E-state index contributed by atoms with van der Waals surface area (Å²) in [5, 5.41) is 0. The Hall–Kier alpha value is -2.00. The summed E-state index contributed by atoms with van der Waals surface area (Å²) in [6.45, 7) is 6.59. The van der Waals surface area contributed by atoms with Crippen molar-refractivity contribution < 1.29 is 37.0 Å². The largest absolute Gasteiger partial charge is 0.465 e. The number of nitrogens with zero attached hydrogens (tertiary/aromatic N) is 2. The van der Waals surface area contributed by atoms with E-state index in [2.05, 4.69) is 0 Å². The highest BCUT2D eigenvalue weighted by Crippen LogP contribution is 2.54. The van der Waals surface area contributed by atoms with E-state index in [0.29, 0.717) is 25.8 Å². The number of carbonyl (C=O) groups is 3. The zero-order valence-corrected chi connectivity index (χ0v) is 18.0. The lowest BCUT2D eigenvalue weighted by Crippen LogP contribution is -2.61. The molecule has 0 unspecified atom stereocenters. The fourth-order valence-corrected chi connectivity index (χ4v) is 3.84. The lowest BCUT2D eigenvalue weighted by Gasteiger charge is -2.47. The van der Waals surface area contributed by atoms with Crippen LogP contribution in [0.2, 0.25) is 0 Å². The number of ether oxygens (including phenoxy) is 2. The molecule has 30 heavy (non-hydrogen) atoms. The highest BCUT2D eigenvalue weighted by Gasteiger charge is 2.65. The third kappa shape index (κ3) is 5.37. The van der Waals surface area contributed by atoms with Gasteiger partial charge in [-0.05, 0) is 53.4 Å². The monoisotopic (exact) mass is 436 g/mol. The molecule has 0 radical (unpaired) electrons. The van der Waals surface area contributed by atoms with E-state index in [0.717, 1.165) is 4.90 Å². The highest BCUT2D eigenvalue weighted by molar-refractivity contribution is 5.88. The molecule has 1 aliphatic carbocycles. The second kappa shape index (κ2) is 9.01. The molecule has 1 heterocycles. The SMILES string of the molecule is CCOC(=O)CN(C(=O)C1(C(F)(F)F)CCC1)[C@H]1CCCN(C(=O)OC(C)(C)C)C1. The van der Waals surface area contributed by atoms with Crippen LogP contribution in [0.4, 0.5) is 18.0 Å². The predicted molar refractivity (Wildman–Crippen MR) is 102 cm³/mol. The van der Waals surface area contributed by atoms with Crippen LogP contribution in [-0.2, 0) is 19.1 Å². The van der Waals surface area contributed by atoms with Crippen LogP contribution in [0.15, 0.2) is 0 Å². The van der Waals surface area contributed by atoms with E-state index in [9.17, 15) is 27.6 Å². The van der Waals surface area contributed by atoms with Crippen LogP contribution in [0.1, 0.15) is 59.8 Å². The van der Waals surface area contributed by atoms with Gasteiger partial charge < -0.3 is 19.3 Å². The molecule has 0 bridgehead atoms. The standard InChI is InChI=1S/C20H31F3N2O5/c1-5-29-15(26)13-25(16(27)19(9-7-10-19)20(21,22)23)14-8-6-11-24(12-14)17(28)30-18(2,3)4/h14H,5-13H2,1-4H3/t14-/m0/s1. The fraction of sp³-hybridized carbons (Fsp3) is 0.850. The Bertz CT molecular complexity index is 656. The van der Waals surface area contributed by atoms with E-state index in [1.54, 1.807) is 27.7 Å².